The fraction of sp³-hybridized carbons (Fsp3) is 0.438. The summed E-state index contributed by atoms with van der Waals surface area (Å²) in [7, 11) is 0. The molecule has 0 spiro atoms. The first kappa shape index (κ1) is 16.8. The van der Waals surface area contributed by atoms with E-state index in [0.717, 1.165) is 25.7 Å². The van der Waals surface area contributed by atoms with Gasteiger partial charge in [0.2, 0.25) is 11.1 Å². The maximum Gasteiger partial charge on any atom is 0.233 e. The summed E-state index contributed by atoms with van der Waals surface area (Å²) in [6, 6.07) is 6.51. The summed E-state index contributed by atoms with van der Waals surface area (Å²) in [4.78, 5) is 12.3. The molecule has 0 saturated heterocycles. The van der Waals surface area contributed by atoms with Gasteiger partial charge in [0.1, 0.15) is 5.82 Å². The Morgan fingerprint density at radius 1 is 1.38 bits per heavy atom. The molecule has 0 radical (unpaired) electrons. The number of hydrogen-bond acceptors (Lipinski definition) is 5. The zero-order chi connectivity index (χ0) is 17.1. The molecule has 0 aliphatic heterocycles. The van der Waals surface area contributed by atoms with Crippen molar-refractivity contribution >= 4 is 17.7 Å². The summed E-state index contributed by atoms with van der Waals surface area (Å²) in [5.74, 6) is 5.77. The standard InChI is InChI=1S/C16H20FN5OS/c1-10(15(23)19-11-6-2-3-7-11)24-16-21-20-14(22(16)18)12-8-4-5-9-13(12)17/h4-5,8-11H,2-3,6-7,18H2,1H3,(H,19,23). The van der Waals surface area contributed by atoms with Crippen molar-refractivity contribution in [3.05, 3.63) is 30.1 Å². The van der Waals surface area contributed by atoms with Crippen LogP contribution in [0.5, 0.6) is 0 Å². The molecule has 24 heavy (non-hydrogen) atoms. The largest absolute Gasteiger partial charge is 0.352 e. The summed E-state index contributed by atoms with van der Waals surface area (Å²) in [6.07, 6.45) is 4.40. The topological polar surface area (TPSA) is 85.8 Å². The van der Waals surface area contributed by atoms with Crippen molar-refractivity contribution in [2.75, 3.05) is 5.84 Å². The maximum absolute atomic E-state index is 13.9. The highest BCUT2D eigenvalue weighted by atomic mass is 32.2. The van der Waals surface area contributed by atoms with Gasteiger partial charge < -0.3 is 11.2 Å². The fourth-order valence-corrected chi connectivity index (χ4v) is 3.56. The van der Waals surface area contributed by atoms with E-state index in [-0.39, 0.29) is 28.6 Å². The Hall–Kier alpha value is -2.09. The normalized spacial score (nSPS) is 16.2. The van der Waals surface area contributed by atoms with Gasteiger partial charge in [0.15, 0.2) is 5.82 Å². The second-order valence-electron chi connectivity index (χ2n) is 5.91. The van der Waals surface area contributed by atoms with Crippen molar-refractivity contribution in [2.45, 2.75) is 49.1 Å². The highest BCUT2D eigenvalue weighted by molar-refractivity contribution is 8.00. The number of amides is 1. The lowest BCUT2D eigenvalue weighted by molar-refractivity contribution is -0.120. The van der Waals surface area contributed by atoms with Crippen LogP contribution in [0.25, 0.3) is 11.4 Å². The number of nitrogen functional groups attached to an aromatic ring is 1. The molecule has 8 heteroatoms. The lowest BCUT2D eigenvalue weighted by Crippen LogP contribution is -2.37. The van der Waals surface area contributed by atoms with E-state index in [1.54, 1.807) is 25.1 Å². The molecule has 6 nitrogen and oxygen atoms in total. The minimum atomic E-state index is -0.417. The summed E-state index contributed by atoms with van der Waals surface area (Å²) in [5.41, 5.74) is 0.280. The van der Waals surface area contributed by atoms with E-state index in [1.807, 2.05) is 0 Å². The van der Waals surface area contributed by atoms with Gasteiger partial charge in [-0.3, -0.25) is 4.79 Å². The minimum absolute atomic E-state index is 0.0395. The molecular weight excluding hydrogens is 329 g/mol. The molecule has 1 amide bonds. The van der Waals surface area contributed by atoms with Gasteiger partial charge >= 0.3 is 0 Å². The molecular formula is C16H20FN5OS. The molecule has 1 atom stereocenters. The van der Waals surface area contributed by atoms with Crippen LogP contribution >= 0.6 is 11.8 Å². The quantitative estimate of drug-likeness (QED) is 0.639. The van der Waals surface area contributed by atoms with Crippen molar-refractivity contribution in [2.24, 2.45) is 0 Å². The molecule has 1 aliphatic rings. The number of nitrogens with two attached hydrogens (primary N) is 1. The number of carbonyl (C=O) groups is 1. The van der Waals surface area contributed by atoms with Crippen molar-refractivity contribution < 1.29 is 9.18 Å². The Morgan fingerprint density at radius 3 is 2.79 bits per heavy atom. The summed E-state index contributed by atoms with van der Waals surface area (Å²) < 4.78 is 15.1. The molecule has 1 aliphatic carbocycles. The van der Waals surface area contributed by atoms with Crippen LogP contribution in [0.15, 0.2) is 29.4 Å². The van der Waals surface area contributed by atoms with E-state index in [0.29, 0.717) is 5.16 Å². The van der Waals surface area contributed by atoms with E-state index in [2.05, 4.69) is 15.5 Å². The van der Waals surface area contributed by atoms with Crippen molar-refractivity contribution in [3.63, 3.8) is 0 Å². The minimum Gasteiger partial charge on any atom is -0.352 e. The molecule has 0 bridgehead atoms. The predicted octanol–water partition coefficient (Wildman–Crippen LogP) is 2.34. The van der Waals surface area contributed by atoms with Crippen LogP contribution in [-0.2, 0) is 4.79 Å². The zero-order valence-electron chi connectivity index (χ0n) is 13.4. The van der Waals surface area contributed by atoms with Crippen molar-refractivity contribution in [3.8, 4) is 11.4 Å². The van der Waals surface area contributed by atoms with Gasteiger partial charge in [-0.15, -0.1) is 10.2 Å². The predicted molar refractivity (Wildman–Crippen MR) is 91.3 cm³/mol. The highest BCUT2D eigenvalue weighted by Crippen LogP contribution is 2.26. The van der Waals surface area contributed by atoms with Crippen LogP contribution < -0.4 is 11.2 Å². The van der Waals surface area contributed by atoms with Gasteiger partial charge in [-0.05, 0) is 31.9 Å². The molecule has 1 fully saturated rings. The summed E-state index contributed by atoms with van der Waals surface area (Å²) >= 11 is 1.21. The fourth-order valence-electron chi connectivity index (χ4n) is 2.78. The van der Waals surface area contributed by atoms with Crippen LogP contribution in [0.2, 0.25) is 0 Å². The number of halogens is 1. The lowest BCUT2D eigenvalue weighted by atomic mass is 10.2. The molecule has 3 N–H and O–H groups in total. The molecule has 1 aromatic heterocycles. The van der Waals surface area contributed by atoms with E-state index in [4.69, 9.17) is 5.84 Å². The Labute approximate surface area is 144 Å². The molecule has 1 aromatic carbocycles. The Balaban J connectivity index is 1.69. The van der Waals surface area contributed by atoms with Gasteiger partial charge in [-0.25, -0.2) is 9.07 Å². The first-order valence-corrected chi connectivity index (χ1v) is 8.86. The third-order valence-electron chi connectivity index (χ3n) is 4.13. The van der Waals surface area contributed by atoms with Crippen molar-refractivity contribution in [1.29, 1.82) is 0 Å². The molecule has 2 aromatic rings. The number of nitrogens with zero attached hydrogens (tertiary/aromatic N) is 3. The average Bonchev–Trinajstić information content (AvgIpc) is 3.19. The van der Waals surface area contributed by atoms with Crippen LogP contribution in [0.1, 0.15) is 32.6 Å². The SMILES string of the molecule is CC(Sc1nnc(-c2ccccc2F)n1N)C(=O)NC1CCCC1. The summed E-state index contributed by atoms with van der Waals surface area (Å²) in [5, 5.41) is 11.0. The van der Waals surface area contributed by atoms with E-state index in [1.165, 1.54) is 22.5 Å². The van der Waals surface area contributed by atoms with Gasteiger partial charge in [0, 0.05) is 6.04 Å². The van der Waals surface area contributed by atoms with Crippen LogP contribution in [0.3, 0.4) is 0 Å². The Kier molecular flexibility index (Phi) is 5.03. The third kappa shape index (κ3) is 3.53. The van der Waals surface area contributed by atoms with Gasteiger partial charge in [-0.2, -0.15) is 0 Å². The van der Waals surface area contributed by atoms with Gasteiger partial charge in [0.25, 0.3) is 0 Å². The molecule has 1 saturated carbocycles. The van der Waals surface area contributed by atoms with Crippen LogP contribution in [-0.4, -0.2) is 32.1 Å². The second-order valence-corrected chi connectivity index (χ2v) is 7.21. The number of thioether (sulfide) groups is 1. The van der Waals surface area contributed by atoms with Gasteiger partial charge in [-0.1, -0.05) is 36.7 Å². The Bertz CT molecular complexity index is 729. The summed E-state index contributed by atoms with van der Waals surface area (Å²) in [6.45, 7) is 1.80. The number of hydrogen-bond donors (Lipinski definition) is 2. The molecule has 1 unspecified atom stereocenters. The lowest BCUT2D eigenvalue weighted by Gasteiger charge is -2.15. The highest BCUT2D eigenvalue weighted by Gasteiger charge is 2.24. The molecule has 128 valence electrons. The Morgan fingerprint density at radius 2 is 2.08 bits per heavy atom. The molecule has 1 heterocycles. The number of nitrogens with one attached hydrogen (secondary N) is 1. The van der Waals surface area contributed by atoms with E-state index < -0.39 is 5.82 Å². The first-order valence-electron chi connectivity index (χ1n) is 7.98. The maximum atomic E-state index is 13.9. The zero-order valence-corrected chi connectivity index (χ0v) is 14.2. The monoisotopic (exact) mass is 349 g/mol. The van der Waals surface area contributed by atoms with Gasteiger partial charge in [0.05, 0.1) is 10.8 Å². The first-order chi connectivity index (χ1) is 11.6. The van der Waals surface area contributed by atoms with Crippen LogP contribution in [0.4, 0.5) is 4.39 Å². The third-order valence-corrected chi connectivity index (χ3v) is 5.19. The van der Waals surface area contributed by atoms with E-state index >= 15 is 0 Å². The van der Waals surface area contributed by atoms with Crippen molar-refractivity contribution in [1.82, 2.24) is 20.2 Å². The number of rotatable bonds is 5. The van der Waals surface area contributed by atoms with Crippen LogP contribution in [0, 0.1) is 5.82 Å². The second kappa shape index (κ2) is 7.21. The molecule has 3 rings (SSSR count). The average molecular weight is 349 g/mol. The van der Waals surface area contributed by atoms with E-state index in [9.17, 15) is 9.18 Å². The number of aromatic nitrogens is 3. The number of benzene rings is 1. The number of carbonyl (C=O) groups excluding carboxylic acids is 1. The smallest absolute Gasteiger partial charge is 0.233 e.